The fourth-order valence-corrected chi connectivity index (χ4v) is 5.56. The van der Waals surface area contributed by atoms with Gasteiger partial charge in [0.1, 0.15) is 5.75 Å². The summed E-state index contributed by atoms with van der Waals surface area (Å²) in [5.41, 5.74) is 1.11. The summed E-state index contributed by atoms with van der Waals surface area (Å²) in [4.78, 5) is 0.304. The molecule has 4 atom stereocenters. The molecule has 0 N–H and O–H groups in total. The summed E-state index contributed by atoms with van der Waals surface area (Å²) in [6, 6.07) is 3.82. The van der Waals surface area contributed by atoms with Gasteiger partial charge in [0.2, 0.25) is 0 Å². The van der Waals surface area contributed by atoms with Gasteiger partial charge in [-0.05, 0) is 55.6 Å². The third-order valence-electron chi connectivity index (χ3n) is 4.82. The molecule has 2 bridgehead atoms. The summed E-state index contributed by atoms with van der Waals surface area (Å²) in [6.45, 7) is 2.54. The highest BCUT2D eigenvalue weighted by Gasteiger charge is 2.43. The van der Waals surface area contributed by atoms with Crippen molar-refractivity contribution in [3.8, 4) is 5.75 Å². The molecular weight excluding hydrogens is 359 g/mol. The molecule has 0 radical (unpaired) electrons. The fourth-order valence-electron chi connectivity index (χ4n) is 3.90. The van der Waals surface area contributed by atoms with Gasteiger partial charge in [-0.15, -0.1) is 0 Å². The second-order valence-corrected chi connectivity index (χ2v) is 7.78. The fraction of sp³-hybridized carbons (Fsp3) is 0.625. The summed E-state index contributed by atoms with van der Waals surface area (Å²) < 4.78 is 5.50. The Bertz CT molecular complexity index is 505. The first-order chi connectivity index (χ1) is 9.60. The van der Waals surface area contributed by atoms with Crippen LogP contribution in [0.1, 0.15) is 43.0 Å². The van der Waals surface area contributed by atoms with Crippen LogP contribution >= 0.6 is 39.1 Å². The molecule has 20 heavy (non-hydrogen) atoms. The first-order valence-corrected chi connectivity index (χ1v) is 9.03. The van der Waals surface area contributed by atoms with Crippen LogP contribution in [0.2, 0.25) is 10.0 Å². The summed E-state index contributed by atoms with van der Waals surface area (Å²) in [7, 11) is 0. The second-order valence-electron chi connectivity index (χ2n) is 5.98. The Morgan fingerprint density at radius 1 is 1.25 bits per heavy atom. The molecule has 3 rings (SSSR count). The Balaban J connectivity index is 1.84. The first kappa shape index (κ1) is 15.0. The minimum Gasteiger partial charge on any atom is -0.492 e. The average molecular weight is 378 g/mol. The van der Waals surface area contributed by atoms with Crippen LogP contribution in [-0.4, -0.2) is 6.61 Å². The predicted molar refractivity (Wildman–Crippen MR) is 88.2 cm³/mol. The van der Waals surface area contributed by atoms with Crippen molar-refractivity contribution in [3.05, 3.63) is 27.7 Å². The lowest BCUT2D eigenvalue weighted by molar-refractivity contribution is 0.328. The monoisotopic (exact) mass is 376 g/mol. The Hall–Kier alpha value is 0.0800. The molecule has 4 heteroatoms. The van der Waals surface area contributed by atoms with Crippen LogP contribution < -0.4 is 4.74 Å². The van der Waals surface area contributed by atoms with Crippen LogP contribution in [-0.2, 0) is 0 Å². The quantitative estimate of drug-likeness (QED) is 0.562. The lowest BCUT2D eigenvalue weighted by Crippen LogP contribution is -2.16. The second kappa shape index (κ2) is 6.06. The Kier molecular flexibility index (Phi) is 4.54. The van der Waals surface area contributed by atoms with Crippen molar-refractivity contribution in [2.24, 2.45) is 17.8 Å². The van der Waals surface area contributed by atoms with Crippen LogP contribution in [0.5, 0.6) is 5.75 Å². The van der Waals surface area contributed by atoms with Gasteiger partial charge in [0, 0.05) is 15.9 Å². The third-order valence-corrected chi connectivity index (χ3v) is 6.61. The highest BCUT2D eigenvalue weighted by Crippen LogP contribution is 2.56. The normalized spacial score (nSPS) is 29.7. The van der Waals surface area contributed by atoms with E-state index in [0.29, 0.717) is 28.1 Å². The van der Waals surface area contributed by atoms with Crippen molar-refractivity contribution in [1.29, 1.82) is 0 Å². The molecule has 0 amide bonds. The molecule has 2 aliphatic carbocycles. The van der Waals surface area contributed by atoms with Gasteiger partial charge in [-0.2, -0.15) is 0 Å². The minimum atomic E-state index is 0.304. The number of halogens is 3. The van der Waals surface area contributed by atoms with Gasteiger partial charge in [-0.1, -0.05) is 45.6 Å². The van der Waals surface area contributed by atoms with E-state index in [0.717, 1.165) is 22.4 Å². The van der Waals surface area contributed by atoms with Crippen molar-refractivity contribution >= 4 is 39.1 Å². The molecule has 1 nitrogen and oxygen atoms in total. The van der Waals surface area contributed by atoms with Crippen molar-refractivity contribution in [1.82, 2.24) is 0 Å². The minimum absolute atomic E-state index is 0.304. The molecule has 0 saturated heterocycles. The van der Waals surface area contributed by atoms with E-state index in [1.165, 1.54) is 25.7 Å². The smallest absolute Gasteiger partial charge is 0.139 e. The average Bonchev–Trinajstić information content (AvgIpc) is 3.04. The summed E-state index contributed by atoms with van der Waals surface area (Å²) in [5.74, 6) is 3.16. The molecule has 1 aromatic rings. The molecule has 2 fully saturated rings. The number of hydrogen-bond acceptors (Lipinski definition) is 1. The Morgan fingerprint density at radius 2 is 2.05 bits per heavy atom. The number of hydrogen-bond donors (Lipinski definition) is 0. The Labute approximate surface area is 139 Å². The van der Waals surface area contributed by atoms with Crippen molar-refractivity contribution in [2.75, 3.05) is 6.61 Å². The van der Waals surface area contributed by atoms with Crippen LogP contribution in [0.3, 0.4) is 0 Å². The van der Waals surface area contributed by atoms with E-state index < -0.39 is 0 Å². The largest absolute Gasteiger partial charge is 0.492 e. The van der Waals surface area contributed by atoms with Gasteiger partial charge in [0.05, 0.1) is 11.6 Å². The number of benzene rings is 1. The number of fused-ring (bicyclic) bond motifs is 2. The van der Waals surface area contributed by atoms with Crippen LogP contribution in [0.25, 0.3) is 0 Å². The van der Waals surface area contributed by atoms with Gasteiger partial charge >= 0.3 is 0 Å². The topological polar surface area (TPSA) is 9.23 Å². The molecule has 2 saturated carbocycles. The number of ether oxygens (including phenoxy) is 1. The van der Waals surface area contributed by atoms with Gasteiger partial charge in [0.15, 0.2) is 0 Å². The van der Waals surface area contributed by atoms with Crippen molar-refractivity contribution < 1.29 is 4.74 Å². The van der Waals surface area contributed by atoms with Crippen LogP contribution in [0, 0.1) is 17.8 Å². The zero-order chi connectivity index (χ0) is 14.3. The maximum atomic E-state index is 6.44. The first-order valence-electron chi connectivity index (χ1n) is 7.36. The van der Waals surface area contributed by atoms with E-state index >= 15 is 0 Å². The van der Waals surface area contributed by atoms with E-state index in [-0.39, 0.29) is 0 Å². The molecule has 110 valence electrons. The lowest BCUT2D eigenvalue weighted by atomic mass is 9.84. The SMILES string of the molecule is CCOc1cc(Cl)c(C(Br)C2CC3CCC2C3)cc1Cl. The molecule has 2 aliphatic rings. The maximum Gasteiger partial charge on any atom is 0.139 e. The van der Waals surface area contributed by atoms with E-state index in [9.17, 15) is 0 Å². The van der Waals surface area contributed by atoms with E-state index in [1.807, 2.05) is 19.1 Å². The molecule has 0 aromatic heterocycles. The standard InChI is InChI=1S/C16H19BrCl2O/c1-2-20-15-8-13(18)12(7-14(15)19)16(17)11-6-9-3-4-10(11)5-9/h7-11,16H,2-6H2,1H3. The highest BCUT2D eigenvalue weighted by atomic mass is 79.9. The van der Waals surface area contributed by atoms with E-state index in [2.05, 4.69) is 15.9 Å². The van der Waals surface area contributed by atoms with Gasteiger partial charge in [-0.25, -0.2) is 0 Å². The van der Waals surface area contributed by atoms with E-state index in [1.54, 1.807) is 0 Å². The van der Waals surface area contributed by atoms with Crippen LogP contribution in [0.4, 0.5) is 0 Å². The molecule has 1 aromatic carbocycles. The van der Waals surface area contributed by atoms with Crippen molar-refractivity contribution in [2.45, 2.75) is 37.4 Å². The number of rotatable bonds is 4. The maximum absolute atomic E-state index is 6.44. The molecular formula is C16H19BrCl2O. The molecule has 0 spiro atoms. The third kappa shape index (κ3) is 2.71. The molecule has 0 heterocycles. The van der Waals surface area contributed by atoms with Gasteiger partial charge < -0.3 is 4.74 Å². The summed E-state index contributed by atoms with van der Waals surface area (Å²) in [5, 5.41) is 1.40. The summed E-state index contributed by atoms with van der Waals surface area (Å²) in [6.07, 6.45) is 5.51. The van der Waals surface area contributed by atoms with Crippen LogP contribution in [0.15, 0.2) is 12.1 Å². The zero-order valence-corrected chi connectivity index (χ0v) is 14.6. The van der Waals surface area contributed by atoms with Gasteiger partial charge in [0.25, 0.3) is 0 Å². The zero-order valence-electron chi connectivity index (χ0n) is 11.5. The molecule has 4 unspecified atom stereocenters. The predicted octanol–water partition coefficient (Wildman–Crippen LogP) is 6.26. The Morgan fingerprint density at radius 3 is 2.65 bits per heavy atom. The number of alkyl halides is 1. The van der Waals surface area contributed by atoms with E-state index in [4.69, 9.17) is 27.9 Å². The van der Waals surface area contributed by atoms with Gasteiger partial charge in [-0.3, -0.25) is 0 Å². The summed E-state index contributed by atoms with van der Waals surface area (Å²) >= 11 is 16.6. The molecule has 0 aliphatic heterocycles. The lowest BCUT2D eigenvalue weighted by Gasteiger charge is -2.27. The van der Waals surface area contributed by atoms with Crippen molar-refractivity contribution in [3.63, 3.8) is 0 Å². The highest BCUT2D eigenvalue weighted by molar-refractivity contribution is 9.09.